The van der Waals surface area contributed by atoms with Gasteiger partial charge in [0.1, 0.15) is 5.75 Å². The Kier molecular flexibility index (Phi) is 3.59. The van der Waals surface area contributed by atoms with Crippen LogP contribution in [0.5, 0.6) is 5.75 Å². The normalized spacial score (nSPS) is 37.8. The minimum absolute atomic E-state index is 0.438. The fourth-order valence-electron chi connectivity index (χ4n) is 6.30. The number of fused-ring (bicyclic) bond motifs is 5. The van der Waals surface area contributed by atoms with Gasteiger partial charge >= 0.3 is 0 Å². The Hall–Kier alpha value is -1.24. The van der Waals surface area contributed by atoms with Gasteiger partial charge in [0.25, 0.3) is 0 Å². The zero-order valence-corrected chi connectivity index (χ0v) is 14.9. The van der Waals surface area contributed by atoms with Crippen molar-refractivity contribution in [1.82, 2.24) is 0 Å². The second kappa shape index (κ2) is 5.40. The lowest BCUT2D eigenvalue weighted by Gasteiger charge is -2.50. The highest BCUT2D eigenvalue weighted by atomic mass is 16.3. The molecule has 3 aliphatic rings. The lowest BCUT2D eigenvalue weighted by atomic mass is 9.55. The molecule has 0 bridgehead atoms. The lowest BCUT2D eigenvalue weighted by molar-refractivity contribution is 0.0808. The topological polar surface area (TPSA) is 20.2 Å². The monoisotopic (exact) mass is 310 g/mol. The summed E-state index contributed by atoms with van der Waals surface area (Å²) in [5.74, 6) is 2.90. The maximum absolute atomic E-state index is 9.79. The smallest absolute Gasteiger partial charge is 0.115 e. The highest BCUT2D eigenvalue weighted by Crippen LogP contribution is 2.63. The van der Waals surface area contributed by atoms with Gasteiger partial charge in [-0.1, -0.05) is 31.1 Å². The van der Waals surface area contributed by atoms with Crippen LogP contribution in [0.2, 0.25) is 0 Å². The van der Waals surface area contributed by atoms with Gasteiger partial charge in [-0.25, -0.2) is 0 Å². The number of aryl methyl sites for hydroxylation is 1. The van der Waals surface area contributed by atoms with Crippen LogP contribution in [0.15, 0.2) is 29.3 Å². The molecule has 1 aromatic carbocycles. The summed E-state index contributed by atoms with van der Waals surface area (Å²) in [5.41, 5.74) is 6.89. The molecule has 0 amide bonds. The Labute approximate surface area is 140 Å². The van der Waals surface area contributed by atoms with Crippen LogP contribution in [0, 0.1) is 17.3 Å². The fraction of sp³-hybridized carbons (Fsp3) is 0.636. The number of hydrogen-bond donors (Lipinski definition) is 1. The summed E-state index contributed by atoms with van der Waals surface area (Å²) >= 11 is 0. The van der Waals surface area contributed by atoms with Crippen LogP contribution in [-0.2, 0) is 6.42 Å². The highest BCUT2D eigenvalue weighted by molar-refractivity contribution is 5.41. The summed E-state index contributed by atoms with van der Waals surface area (Å²) in [4.78, 5) is 0. The predicted octanol–water partition coefficient (Wildman–Crippen LogP) is 5.97. The molecule has 1 nitrogen and oxygen atoms in total. The van der Waals surface area contributed by atoms with Gasteiger partial charge in [0.2, 0.25) is 0 Å². The summed E-state index contributed by atoms with van der Waals surface area (Å²) in [6.07, 6.45) is 9.11. The summed E-state index contributed by atoms with van der Waals surface area (Å²) in [5, 5.41) is 9.79. The van der Waals surface area contributed by atoms with Crippen molar-refractivity contribution in [2.24, 2.45) is 17.3 Å². The van der Waals surface area contributed by atoms with Gasteiger partial charge in [-0.3, -0.25) is 0 Å². The largest absolute Gasteiger partial charge is 0.508 e. The summed E-state index contributed by atoms with van der Waals surface area (Å²) in [6.45, 7) is 7.25. The number of allylic oxidation sites excluding steroid dienone is 2. The zero-order chi connectivity index (χ0) is 16.2. The number of hydrogen-bond acceptors (Lipinski definition) is 1. The maximum Gasteiger partial charge on any atom is 0.115 e. The molecule has 0 aromatic heterocycles. The molecule has 124 valence electrons. The standard InChI is InChI=1S/C22H30O/c1-4-14(2)20-9-10-21-19-7-5-15-13-16(23)6-8-17(15)18(19)11-12-22(20,21)3/h6,8,13,18-19,21,23H,4-5,7,9-12H2,1-3H3/b20-14-/t18-,19-,21+,22-/m1/s1. The molecule has 0 heterocycles. The molecule has 3 aliphatic carbocycles. The van der Waals surface area contributed by atoms with E-state index < -0.39 is 0 Å². The van der Waals surface area contributed by atoms with Crippen molar-refractivity contribution in [3.63, 3.8) is 0 Å². The maximum atomic E-state index is 9.79. The average Bonchev–Trinajstić information content (AvgIpc) is 2.90. The molecule has 4 atom stereocenters. The van der Waals surface area contributed by atoms with E-state index in [2.05, 4.69) is 26.8 Å². The molecule has 1 aromatic rings. The average molecular weight is 310 g/mol. The van der Waals surface area contributed by atoms with Crippen molar-refractivity contribution in [3.05, 3.63) is 40.5 Å². The van der Waals surface area contributed by atoms with E-state index in [0.29, 0.717) is 11.2 Å². The van der Waals surface area contributed by atoms with Crippen LogP contribution in [0.25, 0.3) is 0 Å². The van der Waals surface area contributed by atoms with Gasteiger partial charge in [-0.15, -0.1) is 0 Å². The first-order valence-electron chi connectivity index (χ1n) is 9.55. The van der Waals surface area contributed by atoms with Gasteiger partial charge in [0.15, 0.2) is 0 Å². The predicted molar refractivity (Wildman–Crippen MR) is 95.7 cm³/mol. The van der Waals surface area contributed by atoms with E-state index in [1.165, 1.54) is 44.1 Å². The summed E-state index contributed by atoms with van der Waals surface area (Å²) in [6, 6.07) is 6.13. The first kappa shape index (κ1) is 15.3. The van der Waals surface area contributed by atoms with Crippen molar-refractivity contribution in [2.75, 3.05) is 0 Å². The van der Waals surface area contributed by atoms with E-state index >= 15 is 0 Å². The van der Waals surface area contributed by atoms with Gasteiger partial charge in [-0.2, -0.15) is 0 Å². The molecular formula is C22H30O. The van der Waals surface area contributed by atoms with Gasteiger partial charge in [0.05, 0.1) is 0 Å². The third-order valence-corrected chi connectivity index (χ3v) is 7.54. The van der Waals surface area contributed by atoms with Crippen LogP contribution in [0.3, 0.4) is 0 Å². The van der Waals surface area contributed by atoms with Crippen LogP contribution in [0.1, 0.15) is 76.3 Å². The fourth-order valence-corrected chi connectivity index (χ4v) is 6.30. The highest BCUT2D eigenvalue weighted by Gasteiger charge is 2.52. The Morgan fingerprint density at radius 2 is 2.04 bits per heavy atom. The molecule has 2 fully saturated rings. The first-order valence-corrected chi connectivity index (χ1v) is 9.55. The summed E-state index contributed by atoms with van der Waals surface area (Å²) < 4.78 is 0. The van der Waals surface area contributed by atoms with E-state index in [0.717, 1.165) is 24.2 Å². The third kappa shape index (κ3) is 2.19. The molecule has 2 saturated carbocycles. The number of benzene rings is 1. The number of phenolic OH excluding ortho intramolecular Hbond substituents is 1. The van der Waals surface area contributed by atoms with Gasteiger partial charge in [0, 0.05) is 0 Å². The Bertz CT molecular complexity index is 656. The molecule has 0 unspecified atom stereocenters. The van der Waals surface area contributed by atoms with E-state index in [-0.39, 0.29) is 0 Å². The van der Waals surface area contributed by atoms with Gasteiger partial charge in [-0.05, 0) is 98.3 Å². The second-order valence-electron chi connectivity index (χ2n) is 8.41. The van der Waals surface area contributed by atoms with E-state index in [1.54, 1.807) is 16.7 Å². The Balaban J connectivity index is 1.70. The molecule has 0 aliphatic heterocycles. The molecule has 4 rings (SSSR count). The molecule has 1 heteroatoms. The van der Waals surface area contributed by atoms with Crippen molar-refractivity contribution < 1.29 is 5.11 Å². The number of rotatable bonds is 1. The lowest BCUT2D eigenvalue weighted by Crippen LogP contribution is -2.40. The van der Waals surface area contributed by atoms with Crippen LogP contribution in [-0.4, -0.2) is 5.11 Å². The van der Waals surface area contributed by atoms with Gasteiger partial charge < -0.3 is 5.11 Å². The van der Waals surface area contributed by atoms with Crippen LogP contribution in [0.4, 0.5) is 0 Å². The molecule has 1 N–H and O–H groups in total. The third-order valence-electron chi connectivity index (χ3n) is 7.54. The SMILES string of the molecule is CC/C(C)=C1/CC[C@H]2[C@@H]3CCc4cc(O)ccc4[C@H]3CC[C@]12C. The Morgan fingerprint density at radius 1 is 1.22 bits per heavy atom. The van der Waals surface area contributed by atoms with Crippen LogP contribution < -0.4 is 0 Å². The summed E-state index contributed by atoms with van der Waals surface area (Å²) in [7, 11) is 0. The number of phenols is 1. The van der Waals surface area contributed by atoms with Crippen molar-refractivity contribution >= 4 is 0 Å². The first-order chi connectivity index (χ1) is 11.0. The van der Waals surface area contributed by atoms with Crippen LogP contribution >= 0.6 is 0 Å². The number of aromatic hydroxyl groups is 1. The van der Waals surface area contributed by atoms with E-state index in [1.807, 2.05) is 12.1 Å². The minimum Gasteiger partial charge on any atom is -0.508 e. The molecular weight excluding hydrogens is 280 g/mol. The van der Waals surface area contributed by atoms with Crippen molar-refractivity contribution in [1.29, 1.82) is 0 Å². The minimum atomic E-state index is 0.438. The van der Waals surface area contributed by atoms with Crippen molar-refractivity contribution in [2.45, 2.75) is 71.6 Å². The molecule has 0 radical (unpaired) electrons. The quantitative estimate of drug-likeness (QED) is 0.633. The Morgan fingerprint density at radius 3 is 2.83 bits per heavy atom. The van der Waals surface area contributed by atoms with E-state index in [9.17, 15) is 5.11 Å². The zero-order valence-electron chi connectivity index (χ0n) is 14.9. The molecule has 0 saturated heterocycles. The van der Waals surface area contributed by atoms with E-state index in [4.69, 9.17) is 0 Å². The molecule has 0 spiro atoms. The molecule has 23 heavy (non-hydrogen) atoms. The van der Waals surface area contributed by atoms with Crippen molar-refractivity contribution in [3.8, 4) is 5.75 Å². The second-order valence-corrected chi connectivity index (χ2v) is 8.41.